The molecule has 0 saturated heterocycles. The van der Waals surface area contributed by atoms with Gasteiger partial charge < -0.3 is 15.5 Å². The second kappa shape index (κ2) is 5.73. The van der Waals surface area contributed by atoms with Crippen molar-refractivity contribution in [1.82, 2.24) is 5.32 Å². The lowest BCUT2D eigenvalue weighted by molar-refractivity contribution is -0.143. The summed E-state index contributed by atoms with van der Waals surface area (Å²) in [4.78, 5) is 23.2. The third kappa shape index (κ3) is 3.24. The van der Waals surface area contributed by atoms with E-state index in [1.807, 2.05) is 0 Å². The molecule has 1 aromatic carbocycles. The van der Waals surface area contributed by atoms with Gasteiger partial charge in [0.15, 0.2) is 0 Å². The van der Waals surface area contributed by atoms with Crippen LogP contribution in [0.2, 0.25) is 0 Å². The van der Waals surface area contributed by atoms with E-state index in [0.717, 1.165) is 12.8 Å². The predicted molar refractivity (Wildman–Crippen MR) is 69.0 cm³/mol. The Morgan fingerprint density at radius 1 is 1.21 bits per heavy atom. The SMILES string of the molecule is O=C(NC1CCCCC1C(=O)O)c1cccc(O)c1. The molecule has 102 valence electrons. The quantitative estimate of drug-likeness (QED) is 0.775. The molecule has 0 heterocycles. The first kappa shape index (κ1) is 13.4. The number of hydrogen-bond donors (Lipinski definition) is 3. The standard InChI is InChI=1S/C14H17NO4/c16-10-5-3-4-9(8-10)13(17)15-12-7-2-1-6-11(12)14(18)19/h3-5,8,11-12,16H,1-2,6-7H2,(H,15,17)(H,18,19). The monoisotopic (exact) mass is 263 g/mol. The predicted octanol–water partition coefficient (Wildman–Crippen LogP) is 1.77. The molecule has 1 aliphatic rings. The Morgan fingerprint density at radius 3 is 2.63 bits per heavy atom. The Morgan fingerprint density at radius 2 is 1.95 bits per heavy atom. The van der Waals surface area contributed by atoms with Gasteiger partial charge in [-0.25, -0.2) is 0 Å². The van der Waals surface area contributed by atoms with Crippen LogP contribution in [-0.2, 0) is 4.79 Å². The number of carbonyl (C=O) groups is 2. The molecule has 2 atom stereocenters. The molecule has 0 spiro atoms. The summed E-state index contributed by atoms with van der Waals surface area (Å²) in [5.74, 6) is -1.70. The molecule has 0 aliphatic heterocycles. The summed E-state index contributed by atoms with van der Waals surface area (Å²) < 4.78 is 0. The fourth-order valence-electron chi connectivity index (χ4n) is 2.50. The number of benzene rings is 1. The van der Waals surface area contributed by atoms with Gasteiger partial charge in [-0.15, -0.1) is 0 Å². The van der Waals surface area contributed by atoms with Crippen molar-refractivity contribution in [3.63, 3.8) is 0 Å². The average molecular weight is 263 g/mol. The van der Waals surface area contributed by atoms with Crippen LogP contribution in [-0.4, -0.2) is 28.1 Å². The van der Waals surface area contributed by atoms with Crippen molar-refractivity contribution in [3.8, 4) is 5.75 Å². The van der Waals surface area contributed by atoms with Gasteiger partial charge in [-0.05, 0) is 31.0 Å². The van der Waals surface area contributed by atoms with E-state index < -0.39 is 11.9 Å². The van der Waals surface area contributed by atoms with Crippen LogP contribution in [0, 0.1) is 5.92 Å². The van der Waals surface area contributed by atoms with Crippen molar-refractivity contribution in [3.05, 3.63) is 29.8 Å². The van der Waals surface area contributed by atoms with Crippen molar-refractivity contribution in [1.29, 1.82) is 0 Å². The zero-order valence-corrected chi connectivity index (χ0v) is 10.5. The van der Waals surface area contributed by atoms with Gasteiger partial charge in [0, 0.05) is 11.6 Å². The molecule has 1 aliphatic carbocycles. The van der Waals surface area contributed by atoms with E-state index in [0.29, 0.717) is 18.4 Å². The summed E-state index contributed by atoms with van der Waals surface area (Å²) >= 11 is 0. The number of aliphatic carboxylic acids is 1. The van der Waals surface area contributed by atoms with Gasteiger partial charge in [-0.3, -0.25) is 9.59 Å². The second-order valence-corrected chi connectivity index (χ2v) is 4.86. The third-order valence-electron chi connectivity index (χ3n) is 3.51. The summed E-state index contributed by atoms with van der Waals surface area (Å²) in [7, 11) is 0. The Balaban J connectivity index is 2.07. The topological polar surface area (TPSA) is 86.6 Å². The molecule has 1 fully saturated rings. The number of carbonyl (C=O) groups excluding carboxylic acids is 1. The summed E-state index contributed by atoms with van der Waals surface area (Å²) in [6.45, 7) is 0. The first-order valence-corrected chi connectivity index (χ1v) is 6.40. The van der Waals surface area contributed by atoms with E-state index in [-0.39, 0.29) is 17.7 Å². The van der Waals surface area contributed by atoms with Crippen LogP contribution in [0.4, 0.5) is 0 Å². The summed E-state index contributed by atoms with van der Waals surface area (Å²) in [5, 5.41) is 21.2. The minimum Gasteiger partial charge on any atom is -0.508 e. The summed E-state index contributed by atoms with van der Waals surface area (Å²) in [6, 6.07) is 5.69. The van der Waals surface area contributed by atoms with Gasteiger partial charge in [-0.2, -0.15) is 0 Å². The third-order valence-corrected chi connectivity index (χ3v) is 3.51. The van der Waals surface area contributed by atoms with E-state index in [4.69, 9.17) is 5.11 Å². The molecule has 1 saturated carbocycles. The normalized spacial score (nSPS) is 22.7. The van der Waals surface area contributed by atoms with Gasteiger partial charge in [0.05, 0.1) is 5.92 Å². The Bertz CT molecular complexity index is 486. The van der Waals surface area contributed by atoms with E-state index in [1.54, 1.807) is 12.1 Å². The van der Waals surface area contributed by atoms with Crippen LogP contribution in [0.1, 0.15) is 36.0 Å². The minimum atomic E-state index is -0.860. The van der Waals surface area contributed by atoms with E-state index in [1.165, 1.54) is 12.1 Å². The smallest absolute Gasteiger partial charge is 0.308 e. The maximum atomic E-state index is 12.0. The van der Waals surface area contributed by atoms with E-state index in [9.17, 15) is 14.7 Å². The highest BCUT2D eigenvalue weighted by molar-refractivity contribution is 5.95. The lowest BCUT2D eigenvalue weighted by Crippen LogP contribution is -2.45. The number of carboxylic acids is 1. The van der Waals surface area contributed by atoms with Gasteiger partial charge in [0.2, 0.25) is 0 Å². The first-order valence-electron chi connectivity index (χ1n) is 6.40. The number of phenols is 1. The molecular formula is C14H17NO4. The van der Waals surface area contributed by atoms with Crippen molar-refractivity contribution < 1.29 is 19.8 Å². The number of rotatable bonds is 3. The van der Waals surface area contributed by atoms with Crippen LogP contribution in [0.25, 0.3) is 0 Å². The highest BCUT2D eigenvalue weighted by Crippen LogP contribution is 2.25. The van der Waals surface area contributed by atoms with Crippen LogP contribution in [0.15, 0.2) is 24.3 Å². The second-order valence-electron chi connectivity index (χ2n) is 4.86. The molecule has 0 aromatic heterocycles. The largest absolute Gasteiger partial charge is 0.508 e. The van der Waals surface area contributed by atoms with Crippen LogP contribution in [0.5, 0.6) is 5.75 Å². The summed E-state index contributed by atoms with van der Waals surface area (Å²) in [6.07, 6.45) is 3.09. The maximum absolute atomic E-state index is 12.0. The van der Waals surface area contributed by atoms with Crippen molar-refractivity contribution in [2.75, 3.05) is 0 Å². The zero-order chi connectivity index (χ0) is 13.8. The molecule has 2 unspecified atom stereocenters. The van der Waals surface area contributed by atoms with Gasteiger partial charge in [-0.1, -0.05) is 18.9 Å². The minimum absolute atomic E-state index is 0.0195. The number of amides is 1. The zero-order valence-electron chi connectivity index (χ0n) is 10.5. The molecule has 19 heavy (non-hydrogen) atoms. The van der Waals surface area contributed by atoms with Crippen molar-refractivity contribution >= 4 is 11.9 Å². The Hall–Kier alpha value is -2.04. The van der Waals surface area contributed by atoms with Crippen molar-refractivity contribution in [2.45, 2.75) is 31.7 Å². The Kier molecular flexibility index (Phi) is 4.04. The maximum Gasteiger partial charge on any atom is 0.308 e. The fraction of sp³-hybridized carbons (Fsp3) is 0.429. The number of aromatic hydroxyl groups is 1. The average Bonchev–Trinajstić information content (AvgIpc) is 2.39. The van der Waals surface area contributed by atoms with Crippen molar-refractivity contribution in [2.24, 2.45) is 5.92 Å². The molecule has 3 N–H and O–H groups in total. The van der Waals surface area contributed by atoms with E-state index >= 15 is 0 Å². The molecule has 0 bridgehead atoms. The number of hydrogen-bond acceptors (Lipinski definition) is 3. The molecule has 1 aromatic rings. The van der Waals surface area contributed by atoms with Crippen LogP contribution < -0.4 is 5.32 Å². The highest BCUT2D eigenvalue weighted by Gasteiger charge is 2.31. The lowest BCUT2D eigenvalue weighted by atomic mass is 9.84. The lowest BCUT2D eigenvalue weighted by Gasteiger charge is -2.29. The van der Waals surface area contributed by atoms with Crippen LogP contribution >= 0.6 is 0 Å². The van der Waals surface area contributed by atoms with Gasteiger partial charge >= 0.3 is 5.97 Å². The highest BCUT2D eigenvalue weighted by atomic mass is 16.4. The fourth-order valence-corrected chi connectivity index (χ4v) is 2.50. The number of nitrogens with one attached hydrogen (secondary N) is 1. The molecule has 0 radical (unpaired) electrons. The van der Waals surface area contributed by atoms with E-state index in [2.05, 4.69) is 5.32 Å². The Labute approximate surface area is 111 Å². The van der Waals surface area contributed by atoms with Gasteiger partial charge in [0.25, 0.3) is 5.91 Å². The molecule has 5 heteroatoms. The summed E-state index contributed by atoms with van der Waals surface area (Å²) in [5.41, 5.74) is 0.342. The number of carboxylic acid groups (broad SMARTS) is 1. The molecule has 5 nitrogen and oxygen atoms in total. The van der Waals surface area contributed by atoms with Gasteiger partial charge in [0.1, 0.15) is 5.75 Å². The van der Waals surface area contributed by atoms with Crippen LogP contribution in [0.3, 0.4) is 0 Å². The molecule has 1 amide bonds. The molecule has 2 rings (SSSR count). The molecular weight excluding hydrogens is 246 g/mol. The first-order chi connectivity index (χ1) is 9.08. The number of phenolic OH excluding ortho intramolecular Hbond substituents is 1.